The normalized spacial score (nSPS) is 12.2. The minimum Gasteiger partial charge on any atom is -0.495 e. The molecule has 0 saturated heterocycles. The number of ether oxygens (including phenoxy) is 1. The van der Waals surface area contributed by atoms with Crippen LogP contribution in [0.1, 0.15) is 22.7 Å². The quantitative estimate of drug-likeness (QED) is 0.857. The molecule has 0 saturated carbocycles. The van der Waals surface area contributed by atoms with Crippen LogP contribution in [0.4, 0.5) is 0 Å². The van der Waals surface area contributed by atoms with Crippen LogP contribution in [0.5, 0.6) is 5.75 Å². The van der Waals surface area contributed by atoms with Gasteiger partial charge in [-0.3, -0.25) is 0 Å². The molecule has 106 valence electrons. The van der Waals surface area contributed by atoms with Gasteiger partial charge in [0.05, 0.1) is 18.2 Å². The molecule has 0 fully saturated rings. The van der Waals surface area contributed by atoms with Crippen molar-refractivity contribution in [2.24, 2.45) is 0 Å². The smallest absolute Gasteiger partial charge is 0.137 e. The fraction of sp³-hybridized carbons (Fsp3) is 0.250. The van der Waals surface area contributed by atoms with E-state index in [1.807, 2.05) is 25.2 Å². The van der Waals surface area contributed by atoms with Gasteiger partial charge in [-0.05, 0) is 54.9 Å². The summed E-state index contributed by atoms with van der Waals surface area (Å²) in [6.45, 7) is 2.11. The summed E-state index contributed by atoms with van der Waals surface area (Å²) < 4.78 is 6.28. The van der Waals surface area contributed by atoms with E-state index < -0.39 is 0 Å². The second kappa shape index (κ2) is 6.61. The summed E-state index contributed by atoms with van der Waals surface area (Å²) in [4.78, 5) is 0. The predicted molar refractivity (Wildman–Crippen MR) is 87.8 cm³/mol. The van der Waals surface area contributed by atoms with Gasteiger partial charge in [0, 0.05) is 4.47 Å². The minimum absolute atomic E-state index is 0.103. The Hall–Kier alpha value is -1.03. The van der Waals surface area contributed by atoms with Crippen molar-refractivity contribution in [2.75, 3.05) is 14.2 Å². The maximum Gasteiger partial charge on any atom is 0.137 e. The van der Waals surface area contributed by atoms with Crippen molar-refractivity contribution >= 4 is 27.5 Å². The SMILES string of the molecule is CNC(c1ccc(OC)c(Cl)c1)c1ccc(Br)cc1C. The van der Waals surface area contributed by atoms with Gasteiger partial charge in [-0.25, -0.2) is 0 Å². The Morgan fingerprint density at radius 3 is 2.50 bits per heavy atom. The Labute approximate surface area is 133 Å². The summed E-state index contributed by atoms with van der Waals surface area (Å²) in [5, 5.41) is 3.97. The summed E-state index contributed by atoms with van der Waals surface area (Å²) in [5.41, 5.74) is 3.58. The second-order valence-corrected chi connectivity index (χ2v) is 5.94. The molecule has 0 bridgehead atoms. The van der Waals surface area contributed by atoms with Gasteiger partial charge in [-0.15, -0.1) is 0 Å². The van der Waals surface area contributed by atoms with Gasteiger partial charge in [0.15, 0.2) is 0 Å². The summed E-state index contributed by atoms with van der Waals surface area (Å²) in [5.74, 6) is 0.692. The van der Waals surface area contributed by atoms with Gasteiger partial charge in [0.25, 0.3) is 0 Å². The molecular weight excluding hydrogens is 338 g/mol. The highest BCUT2D eigenvalue weighted by Gasteiger charge is 2.15. The van der Waals surface area contributed by atoms with E-state index in [1.165, 1.54) is 11.1 Å². The van der Waals surface area contributed by atoms with E-state index in [0.717, 1.165) is 10.0 Å². The molecule has 0 aliphatic rings. The molecule has 1 atom stereocenters. The van der Waals surface area contributed by atoms with Crippen LogP contribution in [0.25, 0.3) is 0 Å². The van der Waals surface area contributed by atoms with Gasteiger partial charge >= 0.3 is 0 Å². The molecule has 20 heavy (non-hydrogen) atoms. The average Bonchev–Trinajstić information content (AvgIpc) is 2.42. The van der Waals surface area contributed by atoms with Gasteiger partial charge in [-0.2, -0.15) is 0 Å². The molecule has 1 N–H and O–H groups in total. The van der Waals surface area contributed by atoms with Crippen molar-refractivity contribution in [3.8, 4) is 5.75 Å². The number of halogens is 2. The minimum atomic E-state index is 0.103. The van der Waals surface area contributed by atoms with Crippen LogP contribution < -0.4 is 10.1 Å². The summed E-state index contributed by atoms with van der Waals surface area (Å²) in [6, 6.07) is 12.3. The lowest BCUT2D eigenvalue weighted by Crippen LogP contribution is -2.18. The molecule has 0 amide bonds. The standard InChI is InChI=1S/C16H17BrClNO/c1-10-8-12(17)5-6-13(10)16(19-2)11-4-7-15(20-3)14(18)9-11/h4-9,16,19H,1-3H3. The van der Waals surface area contributed by atoms with Crippen molar-refractivity contribution in [2.45, 2.75) is 13.0 Å². The molecule has 2 nitrogen and oxygen atoms in total. The molecule has 0 radical (unpaired) electrons. The Morgan fingerprint density at radius 2 is 1.95 bits per heavy atom. The number of rotatable bonds is 4. The van der Waals surface area contributed by atoms with E-state index in [0.29, 0.717) is 10.8 Å². The van der Waals surface area contributed by atoms with Crippen LogP contribution in [-0.2, 0) is 0 Å². The van der Waals surface area contributed by atoms with Crippen LogP contribution in [-0.4, -0.2) is 14.2 Å². The number of hydrogen-bond donors (Lipinski definition) is 1. The maximum absolute atomic E-state index is 6.22. The van der Waals surface area contributed by atoms with Gasteiger partial charge < -0.3 is 10.1 Å². The number of aryl methyl sites for hydroxylation is 1. The summed E-state index contributed by atoms with van der Waals surface area (Å²) >= 11 is 9.72. The monoisotopic (exact) mass is 353 g/mol. The lowest BCUT2D eigenvalue weighted by Gasteiger charge is -2.20. The zero-order chi connectivity index (χ0) is 14.7. The first-order valence-electron chi connectivity index (χ1n) is 6.33. The third-order valence-electron chi connectivity index (χ3n) is 3.34. The first kappa shape index (κ1) is 15.4. The maximum atomic E-state index is 6.22. The third-order valence-corrected chi connectivity index (χ3v) is 4.13. The number of methoxy groups -OCH3 is 1. The highest BCUT2D eigenvalue weighted by Crippen LogP contribution is 2.32. The summed E-state index contributed by atoms with van der Waals surface area (Å²) in [7, 11) is 3.57. The number of benzene rings is 2. The zero-order valence-corrected chi connectivity index (χ0v) is 14.0. The van der Waals surface area contributed by atoms with Gasteiger partial charge in [0.2, 0.25) is 0 Å². The van der Waals surface area contributed by atoms with E-state index in [4.69, 9.17) is 16.3 Å². The average molecular weight is 355 g/mol. The summed E-state index contributed by atoms with van der Waals surface area (Å²) in [6.07, 6.45) is 0. The number of nitrogens with one attached hydrogen (secondary N) is 1. The Bertz CT molecular complexity index is 615. The van der Waals surface area contributed by atoms with Crippen molar-refractivity contribution in [1.82, 2.24) is 5.32 Å². The fourth-order valence-electron chi connectivity index (χ4n) is 2.33. The highest BCUT2D eigenvalue weighted by atomic mass is 79.9. The largest absolute Gasteiger partial charge is 0.495 e. The molecule has 0 aliphatic heterocycles. The molecular formula is C16H17BrClNO. The van der Waals surface area contributed by atoms with Crippen LogP contribution in [0.2, 0.25) is 5.02 Å². The second-order valence-electron chi connectivity index (χ2n) is 4.62. The van der Waals surface area contributed by atoms with Crippen LogP contribution in [0.15, 0.2) is 40.9 Å². The zero-order valence-electron chi connectivity index (χ0n) is 11.7. The van der Waals surface area contributed by atoms with Gasteiger partial charge in [0.1, 0.15) is 5.75 Å². The van der Waals surface area contributed by atoms with Crippen molar-refractivity contribution in [1.29, 1.82) is 0 Å². The topological polar surface area (TPSA) is 21.3 Å². The molecule has 0 heterocycles. The molecule has 1 unspecified atom stereocenters. The first-order valence-corrected chi connectivity index (χ1v) is 7.50. The van der Waals surface area contributed by atoms with Crippen LogP contribution in [0, 0.1) is 6.92 Å². The molecule has 0 spiro atoms. The lowest BCUT2D eigenvalue weighted by atomic mass is 9.95. The molecule has 2 aromatic rings. The van der Waals surface area contributed by atoms with Crippen molar-refractivity contribution in [3.05, 3.63) is 62.6 Å². The lowest BCUT2D eigenvalue weighted by molar-refractivity contribution is 0.414. The first-order chi connectivity index (χ1) is 9.56. The van der Waals surface area contributed by atoms with Crippen molar-refractivity contribution < 1.29 is 4.74 Å². The molecule has 0 aromatic heterocycles. The van der Waals surface area contributed by atoms with Crippen LogP contribution in [0.3, 0.4) is 0 Å². The molecule has 4 heteroatoms. The molecule has 2 rings (SSSR count). The van der Waals surface area contributed by atoms with Gasteiger partial charge in [-0.1, -0.05) is 39.7 Å². The fourth-order valence-corrected chi connectivity index (χ4v) is 3.07. The van der Waals surface area contributed by atoms with E-state index in [9.17, 15) is 0 Å². The predicted octanol–water partition coefficient (Wildman–Crippen LogP) is 4.73. The van der Waals surface area contributed by atoms with Crippen molar-refractivity contribution in [3.63, 3.8) is 0 Å². The Morgan fingerprint density at radius 1 is 1.20 bits per heavy atom. The molecule has 2 aromatic carbocycles. The third kappa shape index (κ3) is 3.17. The van der Waals surface area contributed by atoms with E-state index in [2.05, 4.69) is 46.4 Å². The van der Waals surface area contributed by atoms with E-state index in [1.54, 1.807) is 7.11 Å². The van der Waals surface area contributed by atoms with E-state index in [-0.39, 0.29) is 6.04 Å². The molecule has 0 aliphatic carbocycles. The Balaban J connectivity index is 2.44. The number of hydrogen-bond acceptors (Lipinski definition) is 2. The van der Waals surface area contributed by atoms with E-state index >= 15 is 0 Å². The van der Waals surface area contributed by atoms with Crippen LogP contribution >= 0.6 is 27.5 Å². The Kier molecular flexibility index (Phi) is 5.08. The highest BCUT2D eigenvalue weighted by molar-refractivity contribution is 9.10.